The molecule has 19 heavy (non-hydrogen) atoms. The van der Waals surface area contributed by atoms with Gasteiger partial charge in [0.2, 0.25) is 0 Å². The number of hydrazine groups is 1. The fraction of sp³-hybridized carbons (Fsp3) is 0.154. The number of aryl methyl sites for hydroxylation is 1. The Hall–Kier alpha value is -1.50. The van der Waals surface area contributed by atoms with E-state index in [1.807, 2.05) is 13.0 Å². The minimum absolute atomic E-state index is 0.335. The zero-order valence-electron chi connectivity index (χ0n) is 10.3. The summed E-state index contributed by atoms with van der Waals surface area (Å²) in [6.45, 7) is 1.91. The van der Waals surface area contributed by atoms with Crippen LogP contribution in [-0.4, -0.2) is 4.98 Å². The number of aromatic nitrogens is 1. The molecule has 0 saturated heterocycles. The van der Waals surface area contributed by atoms with Crippen LogP contribution in [0.15, 0.2) is 34.9 Å². The van der Waals surface area contributed by atoms with Crippen molar-refractivity contribution < 1.29 is 4.39 Å². The van der Waals surface area contributed by atoms with Crippen molar-refractivity contribution in [1.29, 1.82) is 0 Å². The van der Waals surface area contributed by atoms with Gasteiger partial charge in [-0.3, -0.25) is 5.84 Å². The summed E-state index contributed by atoms with van der Waals surface area (Å²) in [4.78, 5) is 4.06. The number of benzene rings is 1. The average Bonchev–Trinajstić information content (AvgIpc) is 2.37. The number of nitrogens with one attached hydrogen (secondary N) is 1. The zero-order valence-corrected chi connectivity index (χ0v) is 11.9. The molecule has 0 aliphatic heterocycles. The van der Waals surface area contributed by atoms with E-state index in [1.54, 1.807) is 12.3 Å². The third-order valence-corrected chi connectivity index (χ3v) is 3.69. The van der Waals surface area contributed by atoms with Crippen molar-refractivity contribution in [2.45, 2.75) is 13.0 Å². The summed E-state index contributed by atoms with van der Waals surface area (Å²) in [5.74, 6) is 5.66. The van der Waals surface area contributed by atoms with E-state index in [2.05, 4.69) is 26.3 Å². The Kier molecular flexibility index (Phi) is 4.14. The van der Waals surface area contributed by atoms with E-state index >= 15 is 0 Å². The van der Waals surface area contributed by atoms with Crippen molar-refractivity contribution in [3.05, 3.63) is 57.4 Å². The Morgan fingerprint density at radius 1 is 1.37 bits per heavy atom. The predicted octanol–water partition coefficient (Wildman–Crippen LogP) is 2.43. The molecule has 0 aliphatic rings. The van der Waals surface area contributed by atoms with Gasteiger partial charge in [-0.1, -0.05) is 15.9 Å². The van der Waals surface area contributed by atoms with Crippen molar-refractivity contribution in [1.82, 2.24) is 10.4 Å². The van der Waals surface area contributed by atoms with Gasteiger partial charge in [0, 0.05) is 16.2 Å². The molecule has 6 heteroatoms. The summed E-state index contributed by atoms with van der Waals surface area (Å²) in [5.41, 5.74) is 10.9. The number of nitrogen functional groups attached to an aromatic ring is 1. The van der Waals surface area contributed by atoms with Gasteiger partial charge in [-0.2, -0.15) is 0 Å². The third-order valence-electron chi connectivity index (χ3n) is 2.96. The maximum Gasteiger partial charge on any atom is 0.128 e. The molecule has 0 amide bonds. The molecule has 1 unspecified atom stereocenters. The number of hydrogen-bond donors (Lipinski definition) is 3. The molecule has 0 radical (unpaired) electrons. The monoisotopic (exact) mass is 324 g/mol. The Labute approximate surface area is 119 Å². The number of hydrogen-bond acceptors (Lipinski definition) is 4. The van der Waals surface area contributed by atoms with Gasteiger partial charge in [0.1, 0.15) is 11.6 Å². The summed E-state index contributed by atoms with van der Waals surface area (Å²) in [5, 5.41) is 0. The van der Waals surface area contributed by atoms with Crippen LogP contribution in [0, 0.1) is 12.7 Å². The van der Waals surface area contributed by atoms with E-state index in [0.29, 0.717) is 11.4 Å². The third kappa shape index (κ3) is 2.75. The Morgan fingerprint density at radius 2 is 2.11 bits per heavy atom. The molecule has 0 bridgehead atoms. The summed E-state index contributed by atoms with van der Waals surface area (Å²) < 4.78 is 14.2. The first-order valence-electron chi connectivity index (χ1n) is 5.66. The minimum atomic E-state index is -0.432. The first-order valence-corrected chi connectivity index (χ1v) is 6.46. The minimum Gasteiger partial charge on any atom is -0.383 e. The van der Waals surface area contributed by atoms with Crippen LogP contribution in [-0.2, 0) is 0 Å². The lowest BCUT2D eigenvalue weighted by molar-refractivity contribution is 0.602. The first-order chi connectivity index (χ1) is 9.04. The molecule has 0 aliphatic carbocycles. The molecule has 0 spiro atoms. The molecule has 5 N–H and O–H groups in total. The van der Waals surface area contributed by atoms with Gasteiger partial charge < -0.3 is 5.73 Å². The highest BCUT2D eigenvalue weighted by molar-refractivity contribution is 9.10. The van der Waals surface area contributed by atoms with Crippen LogP contribution in [0.25, 0.3) is 0 Å². The fourth-order valence-electron chi connectivity index (χ4n) is 2.03. The normalized spacial score (nSPS) is 12.4. The van der Waals surface area contributed by atoms with Gasteiger partial charge in [-0.15, -0.1) is 0 Å². The van der Waals surface area contributed by atoms with E-state index in [1.165, 1.54) is 12.1 Å². The molecule has 2 aromatic rings. The fourth-order valence-corrected chi connectivity index (χ4v) is 2.51. The van der Waals surface area contributed by atoms with Crippen molar-refractivity contribution in [3.8, 4) is 0 Å². The lowest BCUT2D eigenvalue weighted by atomic mass is 9.96. The molecule has 1 aromatic heterocycles. The number of pyridine rings is 1. The first kappa shape index (κ1) is 13.9. The van der Waals surface area contributed by atoms with Crippen molar-refractivity contribution in [3.63, 3.8) is 0 Å². The summed E-state index contributed by atoms with van der Waals surface area (Å²) in [7, 11) is 0. The quantitative estimate of drug-likeness (QED) is 0.598. The van der Waals surface area contributed by atoms with Crippen molar-refractivity contribution in [2.24, 2.45) is 5.84 Å². The highest BCUT2D eigenvalue weighted by Gasteiger charge is 2.21. The van der Waals surface area contributed by atoms with Gasteiger partial charge in [0.05, 0.1) is 6.04 Å². The lowest BCUT2D eigenvalue weighted by Crippen LogP contribution is -2.30. The molecule has 1 aromatic carbocycles. The van der Waals surface area contributed by atoms with Gasteiger partial charge in [0.15, 0.2) is 0 Å². The molecule has 100 valence electrons. The predicted molar refractivity (Wildman–Crippen MR) is 76.7 cm³/mol. The topological polar surface area (TPSA) is 77.0 Å². The average molecular weight is 325 g/mol. The van der Waals surface area contributed by atoms with Gasteiger partial charge in [-0.25, -0.2) is 14.8 Å². The van der Waals surface area contributed by atoms with Crippen LogP contribution in [0.1, 0.15) is 22.7 Å². The number of nitrogens with zero attached hydrogens (tertiary/aromatic N) is 1. The number of rotatable bonds is 3. The summed E-state index contributed by atoms with van der Waals surface area (Å²) in [6, 6.07) is 5.83. The van der Waals surface area contributed by atoms with Crippen LogP contribution in [0.3, 0.4) is 0 Å². The Morgan fingerprint density at radius 3 is 2.74 bits per heavy atom. The highest BCUT2D eigenvalue weighted by atomic mass is 79.9. The van der Waals surface area contributed by atoms with Crippen LogP contribution >= 0.6 is 15.9 Å². The second kappa shape index (κ2) is 5.64. The number of nitrogens with two attached hydrogens (primary N) is 2. The molecule has 1 atom stereocenters. The van der Waals surface area contributed by atoms with Crippen LogP contribution in [0.5, 0.6) is 0 Å². The van der Waals surface area contributed by atoms with E-state index < -0.39 is 6.04 Å². The zero-order chi connectivity index (χ0) is 14.0. The van der Waals surface area contributed by atoms with Crippen LogP contribution in [0.4, 0.5) is 10.2 Å². The van der Waals surface area contributed by atoms with Crippen molar-refractivity contribution >= 4 is 21.7 Å². The molecular formula is C13H14BrFN4. The number of halogens is 2. The Bertz CT molecular complexity index is 583. The molecular weight excluding hydrogens is 311 g/mol. The molecule has 0 fully saturated rings. The molecule has 1 heterocycles. The van der Waals surface area contributed by atoms with Crippen LogP contribution < -0.4 is 17.0 Å². The van der Waals surface area contributed by atoms with Crippen LogP contribution in [0.2, 0.25) is 0 Å². The van der Waals surface area contributed by atoms with Crippen molar-refractivity contribution in [2.75, 3.05) is 5.73 Å². The second-order valence-corrected chi connectivity index (χ2v) is 5.05. The number of anilines is 1. The standard InChI is InChI=1S/C13H14BrFN4/c1-7-4-5-18-13(16)11(7)12(19-17)9-6-8(15)2-3-10(9)14/h2-6,12,19H,17H2,1H3,(H2,16,18). The van der Waals surface area contributed by atoms with Gasteiger partial charge in [0.25, 0.3) is 0 Å². The second-order valence-electron chi connectivity index (χ2n) is 4.19. The van der Waals surface area contributed by atoms with E-state index in [-0.39, 0.29) is 5.82 Å². The SMILES string of the molecule is Cc1ccnc(N)c1C(NN)c1cc(F)ccc1Br. The van der Waals surface area contributed by atoms with Gasteiger partial charge in [-0.05, 0) is 42.3 Å². The summed E-state index contributed by atoms with van der Waals surface area (Å²) in [6.07, 6.45) is 1.63. The smallest absolute Gasteiger partial charge is 0.128 e. The highest BCUT2D eigenvalue weighted by Crippen LogP contribution is 2.32. The summed E-state index contributed by atoms with van der Waals surface area (Å²) >= 11 is 3.39. The lowest BCUT2D eigenvalue weighted by Gasteiger charge is -2.21. The maximum atomic E-state index is 13.4. The molecule has 2 rings (SSSR count). The molecule has 0 saturated carbocycles. The Balaban J connectivity index is 2.59. The van der Waals surface area contributed by atoms with Gasteiger partial charge >= 0.3 is 0 Å². The van der Waals surface area contributed by atoms with E-state index in [4.69, 9.17) is 11.6 Å². The largest absolute Gasteiger partial charge is 0.383 e. The maximum absolute atomic E-state index is 13.4. The van der Waals surface area contributed by atoms with E-state index in [0.717, 1.165) is 15.6 Å². The molecule has 4 nitrogen and oxygen atoms in total. The van der Waals surface area contributed by atoms with E-state index in [9.17, 15) is 4.39 Å².